The third-order valence-corrected chi connectivity index (χ3v) is 5.08. The Kier molecular flexibility index (Phi) is 3.72. The number of thioether (sulfide) groups is 1. The van der Waals surface area contributed by atoms with Crippen molar-refractivity contribution in [1.29, 1.82) is 0 Å². The summed E-state index contributed by atoms with van der Waals surface area (Å²) in [6.45, 7) is 1.20. The first-order valence-electron chi connectivity index (χ1n) is 6.94. The SMILES string of the molecule is c1cc2c(cc1SC1CCCCN1)CCCC2. The van der Waals surface area contributed by atoms with Crippen molar-refractivity contribution in [3.63, 3.8) is 0 Å². The summed E-state index contributed by atoms with van der Waals surface area (Å²) in [5.41, 5.74) is 3.20. The predicted molar refractivity (Wildman–Crippen MR) is 74.6 cm³/mol. The van der Waals surface area contributed by atoms with Gasteiger partial charge in [-0.3, -0.25) is 0 Å². The largest absolute Gasteiger partial charge is 0.305 e. The molecule has 1 aromatic rings. The van der Waals surface area contributed by atoms with Crippen LogP contribution in [0, 0.1) is 0 Å². The lowest BCUT2D eigenvalue weighted by Gasteiger charge is -2.23. The van der Waals surface area contributed by atoms with Gasteiger partial charge >= 0.3 is 0 Å². The number of benzene rings is 1. The van der Waals surface area contributed by atoms with E-state index in [4.69, 9.17) is 0 Å². The van der Waals surface area contributed by atoms with Crippen LogP contribution >= 0.6 is 11.8 Å². The van der Waals surface area contributed by atoms with E-state index in [1.807, 2.05) is 11.8 Å². The molecule has 0 spiro atoms. The molecule has 2 aliphatic rings. The highest BCUT2D eigenvalue weighted by molar-refractivity contribution is 7.99. The summed E-state index contributed by atoms with van der Waals surface area (Å²) < 4.78 is 0. The van der Waals surface area contributed by atoms with E-state index in [2.05, 4.69) is 23.5 Å². The Bertz CT molecular complexity index is 383. The summed E-state index contributed by atoms with van der Waals surface area (Å²) in [5.74, 6) is 0. The molecule has 1 nitrogen and oxygen atoms in total. The zero-order chi connectivity index (χ0) is 11.5. The van der Waals surface area contributed by atoms with Gasteiger partial charge in [-0.2, -0.15) is 0 Å². The second-order valence-corrected chi connectivity index (χ2v) is 6.47. The van der Waals surface area contributed by atoms with Gasteiger partial charge in [0.15, 0.2) is 0 Å². The summed E-state index contributed by atoms with van der Waals surface area (Å²) in [4.78, 5) is 1.46. The van der Waals surface area contributed by atoms with E-state index in [-0.39, 0.29) is 0 Å². The minimum absolute atomic E-state index is 0.644. The maximum Gasteiger partial charge on any atom is 0.0579 e. The van der Waals surface area contributed by atoms with Crippen LogP contribution in [0.25, 0.3) is 0 Å². The van der Waals surface area contributed by atoms with E-state index in [9.17, 15) is 0 Å². The molecule has 0 radical (unpaired) electrons. The first kappa shape index (κ1) is 11.6. The molecule has 1 heterocycles. The van der Waals surface area contributed by atoms with Crippen molar-refractivity contribution in [2.75, 3.05) is 6.54 Å². The van der Waals surface area contributed by atoms with E-state index < -0.39 is 0 Å². The quantitative estimate of drug-likeness (QED) is 0.854. The van der Waals surface area contributed by atoms with Gasteiger partial charge in [-0.25, -0.2) is 0 Å². The third-order valence-electron chi connectivity index (χ3n) is 3.86. The molecule has 0 aromatic heterocycles. The predicted octanol–water partition coefficient (Wildman–Crippen LogP) is 3.76. The van der Waals surface area contributed by atoms with E-state index in [1.165, 1.54) is 56.4 Å². The number of hydrogen-bond donors (Lipinski definition) is 1. The molecule has 1 N–H and O–H groups in total. The van der Waals surface area contributed by atoms with Gasteiger partial charge in [0.2, 0.25) is 0 Å². The molecule has 1 unspecified atom stereocenters. The van der Waals surface area contributed by atoms with Gasteiger partial charge in [0.05, 0.1) is 5.37 Å². The Morgan fingerprint density at radius 3 is 2.71 bits per heavy atom. The monoisotopic (exact) mass is 247 g/mol. The molecule has 92 valence electrons. The van der Waals surface area contributed by atoms with Gasteiger partial charge in [-0.05, 0) is 74.8 Å². The van der Waals surface area contributed by atoms with Gasteiger partial charge in [0.25, 0.3) is 0 Å². The lowest BCUT2D eigenvalue weighted by atomic mass is 9.92. The maximum atomic E-state index is 3.61. The standard InChI is InChI=1S/C15H21NS/c1-2-6-13-11-14(9-8-12(13)5-1)17-15-7-3-4-10-16-15/h8-9,11,15-16H,1-7,10H2. The minimum atomic E-state index is 0.644. The average molecular weight is 247 g/mol. The third kappa shape index (κ3) is 2.86. The molecule has 2 heteroatoms. The summed E-state index contributed by atoms with van der Waals surface area (Å²) in [6, 6.07) is 7.13. The fourth-order valence-electron chi connectivity index (χ4n) is 2.87. The number of rotatable bonds is 2. The van der Waals surface area contributed by atoms with Crippen molar-refractivity contribution in [2.45, 2.75) is 55.2 Å². The molecule has 1 saturated heterocycles. The first-order valence-corrected chi connectivity index (χ1v) is 7.82. The molecule has 0 bridgehead atoms. The van der Waals surface area contributed by atoms with E-state index in [0.717, 1.165) is 0 Å². The maximum absolute atomic E-state index is 3.61. The zero-order valence-corrected chi connectivity index (χ0v) is 11.2. The lowest BCUT2D eigenvalue weighted by molar-refractivity contribution is 0.491. The highest BCUT2D eigenvalue weighted by atomic mass is 32.2. The highest BCUT2D eigenvalue weighted by Gasteiger charge is 2.15. The Hall–Kier alpha value is -0.470. The van der Waals surface area contributed by atoms with Crippen LogP contribution < -0.4 is 5.32 Å². The Labute approximate surface area is 108 Å². The van der Waals surface area contributed by atoms with Crippen molar-refractivity contribution < 1.29 is 0 Å². The first-order chi connectivity index (χ1) is 8.42. The Morgan fingerprint density at radius 1 is 1.00 bits per heavy atom. The molecule has 1 aliphatic heterocycles. The normalized spacial score (nSPS) is 24.4. The van der Waals surface area contributed by atoms with E-state index >= 15 is 0 Å². The van der Waals surface area contributed by atoms with E-state index in [1.54, 1.807) is 11.1 Å². The van der Waals surface area contributed by atoms with Crippen LogP contribution in [0.1, 0.15) is 43.2 Å². The smallest absolute Gasteiger partial charge is 0.0579 e. The fraction of sp³-hybridized carbons (Fsp3) is 0.600. The molecular formula is C15H21NS. The second-order valence-electron chi connectivity index (χ2n) is 5.19. The van der Waals surface area contributed by atoms with Gasteiger partial charge in [-0.1, -0.05) is 6.07 Å². The molecule has 1 fully saturated rings. The average Bonchev–Trinajstić information content (AvgIpc) is 2.40. The summed E-state index contributed by atoms with van der Waals surface area (Å²) in [7, 11) is 0. The van der Waals surface area contributed by atoms with Crippen molar-refractivity contribution in [3.05, 3.63) is 29.3 Å². The molecule has 3 rings (SSSR count). The Balaban J connectivity index is 1.70. The van der Waals surface area contributed by atoms with Gasteiger partial charge in [0.1, 0.15) is 0 Å². The number of piperidine rings is 1. The zero-order valence-electron chi connectivity index (χ0n) is 10.4. The van der Waals surface area contributed by atoms with Crippen LogP contribution in [-0.2, 0) is 12.8 Å². The number of nitrogens with one attached hydrogen (secondary N) is 1. The molecule has 1 aliphatic carbocycles. The van der Waals surface area contributed by atoms with Gasteiger partial charge < -0.3 is 5.32 Å². The van der Waals surface area contributed by atoms with Crippen molar-refractivity contribution >= 4 is 11.8 Å². The van der Waals surface area contributed by atoms with Crippen molar-refractivity contribution in [3.8, 4) is 0 Å². The van der Waals surface area contributed by atoms with Crippen molar-refractivity contribution in [1.82, 2.24) is 5.32 Å². The summed E-state index contributed by atoms with van der Waals surface area (Å²) >= 11 is 2.03. The molecule has 0 saturated carbocycles. The summed E-state index contributed by atoms with van der Waals surface area (Å²) in [6.07, 6.45) is 9.40. The lowest BCUT2D eigenvalue weighted by Crippen LogP contribution is -2.31. The molecular weight excluding hydrogens is 226 g/mol. The number of fused-ring (bicyclic) bond motifs is 1. The van der Waals surface area contributed by atoms with Crippen LogP contribution in [0.5, 0.6) is 0 Å². The van der Waals surface area contributed by atoms with Crippen molar-refractivity contribution in [2.24, 2.45) is 0 Å². The molecule has 1 aromatic carbocycles. The second kappa shape index (κ2) is 5.45. The highest BCUT2D eigenvalue weighted by Crippen LogP contribution is 2.30. The van der Waals surface area contributed by atoms with Crippen LogP contribution in [0.4, 0.5) is 0 Å². The molecule has 0 amide bonds. The minimum Gasteiger partial charge on any atom is -0.305 e. The number of aryl methyl sites for hydroxylation is 2. The van der Waals surface area contributed by atoms with Gasteiger partial charge in [0, 0.05) is 4.90 Å². The topological polar surface area (TPSA) is 12.0 Å². The van der Waals surface area contributed by atoms with Crippen LogP contribution in [-0.4, -0.2) is 11.9 Å². The van der Waals surface area contributed by atoms with Crippen LogP contribution in [0.2, 0.25) is 0 Å². The fourth-order valence-corrected chi connectivity index (χ4v) is 4.04. The summed E-state index contributed by atoms with van der Waals surface area (Å²) in [5, 5.41) is 4.25. The van der Waals surface area contributed by atoms with E-state index in [0.29, 0.717) is 5.37 Å². The molecule has 17 heavy (non-hydrogen) atoms. The van der Waals surface area contributed by atoms with Crippen LogP contribution in [0.3, 0.4) is 0 Å². The number of hydrogen-bond acceptors (Lipinski definition) is 2. The Morgan fingerprint density at radius 2 is 1.88 bits per heavy atom. The van der Waals surface area contributed by atoms with Crippen LogP contribution in [0.15, 0.2) is 23.1 Å². The molecule has 1 atom stereocenters. The van der Waals surface area contributed by atoms with Gasteiger partial charge in [-0.15, -0.1) is 11.8 Å².